The van der Waals surface area contributed by atoms with Crippen LogP contribution in [0.2, 0.25) is 0 Å². The highest BCUT2D eigenvalue weighted by Gasteiger charge is 2.02. The van der Waals surface area contributed by atoms with Gasteiger partial charge in [0.05, 0.1) is 12.5 Å². The smallest absolute Gasteiger partial charge is 0.277 e. The third kappa shape index (κ3) is 4.28. The third-order valence-electron chi connectivity index (χ3n) is 2.49. The molecule has 1 heterocycles. The molecular weight excluding hydrogens is 256 g/mol. The number of nitrogens with zero attached hydrogens (tertiary/aromatic N) is 1. The van der Waals surface area contributed by atoms with Crippen LogP contribution in [0.3, 0.4) is 0 Å². The number of furan rings is 1. The first kappa shape index (κ1) is 13.9. The summed E-state index contributed by atoms with van der Waals surface area (Å²) in [5.41, 5.74) is 4.55. The Hall–Kier alpha value is -2.56. The van der Waals surface area contributed by atoms with Crippen molar-refractivity contribution in [3.8, 4) is 5.75 Å². The number of hydrogen-bond donors (Lipinski definition) is 1. The second kappa shape index (κ2) is 6.56. The fourth-order valence-electron chi connectivity index (χ4n) is 1.73. The summed E-state index contributed by atoms with van der Waals surface area (Å²) in [5.74, 6) is 0.917. The Bertz CT molecular complexity index is 583. The van der Waals surface area contributed by atoms with Crippen molar-refractivity contribution in [2.24, 2.45) is 5.10 Å². The van der Waals surface area contributed by atoms with Gasteiger partial charge >= 0.3 is 0 Å². The highest BCUT2D eigenvalue weighted by molar-refractivity contribution is 5.81. The number of hydrazone groups is 1. The number of hydrogen-bond acceptors (Lipinski definition) is 4. The molecule has 0 unspecified atom stereocenters. The number of aryl methyl sites for hydroxylation is 2. The SMILES string of the molecule is Cc1cc(C)cc(OCC(=O)N/N=C\c2ccco2)c1. The van der Waals surface area contributed by atoms with E-state index in [4.69, 9.17) is 9.15 Å². The number of rotatable bonds is 5. The molecule has 0 saturated carbocycles. The van der Waals surface area contributed by atoms with Crippen LogP contribution >= 0.6 is 0 Å². The van der Waals surface area contributed by atoms with Gasteiger partial charge in [-0.15, -0.1) is 0 Å². The van der Waals surface area contributed by atoms with Gasteiger partial charge in [0.1, 0.15) is 11.5 Å². The maximum Gasteiger partial charge on any atom is 0.277 e. The molecule has 0 atom stereocenters. The first-order valence-electron chi connectivity index (χ1n) is 6.20. The summed E-state index contributed by atoms with van der Waals surface area (Å²) in [6, 6.07) is 9.29. The molecule has 0 aliphatic rings. The van der Waals surface area contributed by atoms with Gasteiger partial charge in [0.15, 0.2) is 6.61 Å². The van der Waals surface area contributed by atoms with Crippen LogP contribution in [0, 0.1) is 13.8 Å². The number of benzene rings is 1. The first-order chi connectivity index (χ1) is 9.63. The molecule has 0 aliphatic carbocycles. The van der Waals surface area contributed by atoms with Crippen molar-refractivity contribution in [3.63, 3.8) is 0 Å². The van der Waals surface area contributed by atoms with Crippen molar-refractivity contribution in [2.45, 2.75) is 13.8 Å². The zero-order chi connectivity index (χ0) is 14.4. The molecule has 5 nitrogen and oxygen atoms in total. The Morgan fingerprint density at radius 2 is 2.10 bits per heavy atom. The van der Waals surface area contributed by atoms with E-state index in [1.807, 2.05) is 32.0 Å². The van der Waals surface area contributed by atoms with Gasteiger partial charge in [-0.2, -0.15) is 5.10 Å². The van der Waals surface area contributed by atoms with Crippen LogP contribution in [0.25, 0.3) is 0 Å². The molecular formula is C15H16N2O3. The zero-order valence-electron chi connectivity index (χ0n) is 11.4. The average Bonchev–Trinajstić information content (AvgIpc) is 2.88. The fourth-order valence-corrected chi connectivity index (χ4v) is 1.73. The quantitative estimate of drug-likeness (QED) is 0.671. The van der Waals surface area contributed by atoms with Crippen LogP contribution < -0.4 is 10.2 Å². The van der Waals surface area contributed by atoms with Crippen LogP contribution in [0.4, 0.5) is 0 Å². The lowest BCUT2D eigenvalue weighted by molar-refractivity contribution is -0.123. The summed E-state index contributed by atoms with van der Waals surface area (Å²) in [7, 11) is 0. The van der Waals surface area contributed by atoms with Gasteiger partial charge in [0, 0.05) is 0 Å². The molecule has 0 saturated heterocycles. The Morgan fingerprint density at radius 1 is 1.35 bits per heavy atom. The van der Waals surface area contributed by atoms with Gasteiger partial charge in [-0.1, -0.05) is 6.07 Å². The maximum absolute atomic E-state index is 11.5. The number of carbonyl (C=O) groups excluding carboxylic acids is 1. The lowest BCUT2D eigenvalue weighted by atomic mass is 10.1. The van der Waals surface area contributed by atoms with Crippen molar-refractivity contribution < 1.29 is 13.9 Å². The van der Waals surface area contributed by atoms with Crippen LogP contribution in [-0.4, -0.2) is 18.7 Å². The van der Waals surface area contributed by atoms with Gasteiger partial charge in [0.25, 0.3) is 5.91 Å². The standard InChI is InChI=1S/C15H16N2O3/c1-11-6-12(2)8-14(7-11)20-10-15(18)17-16-9-13-4-3-5-19-13/h3-9H,10H2,1-2H3,(H,17,18)/b16-9-. The molecule has 20 heavy (non-hydrogen) atoms. The predicted octanol–water partition coefficient (Wildman–Crippen LogP) is 2.43. The molecule has 1 N–H and O–H groups in total. The van der Waals surface area contributed by atoms with Crippen molar-refractivity contribution in [2.75, 3.05) is 6.61 Å². The molecule has 2 aromatic rings. The molecule has 5 heteroatoms. The lowest BCUT2D eigenvalue weighted by Crippen LogP contribution is -2.24. The largest absolute Gasteiger partial charge is 0.484 e. The Labute approximate surface area is 117 Å². The first-order valence-corrected chi connectivity index (χ1v) is 6.20. The second-order valence-corrected chi connectivity index (χ2v) is 4.42. The summed E-state index contributed by atoms with van der Waals surface area (Å²) in [5, 5.41) is 3.76. The van der Waals surface area contributed by atoms with Crippen LogP contribution in [0.5, 0.6) is 5.75 Å². The van der Waals surface area contributed by atoms with Crippen molar-refractivity contribution in [1.29, 1.82) is 0 Å². The van der Waals surface area contributed by atoms with Gasteiger partial charge < -0.3 is 9.15 Å². The van der Waals surface area contributed by atoms with E-state index in [1.165, 1.54) is 12.5 Å². The van der Waals surface area contributed by atoms with E-state index in [-0.39, 0.29) is 12.5 Å². The monoisotopic (exact) mass is 272 g/mol. The summed E-state index contributed by atoms with van der Waals surface area (Å²) < 4.78 is 10.4. The molecule has 1 aromatic heterocycles. The predicted molar refractivity (Wildman–Crippen MR) is 75.9 cm³/mol. The summed E-state index contributed by atoms with van der Waals surface area (Å²) in [6.45, 7) is 3.87. The van der Waals surface area contributed by atoms with Crippen molar-refractivity contribution in [3.05, 3.63) is 53.5 Å². The average molecular weight is 272 g/mol. The lowest BCUT2D eigenvalue weighted by Gasteiger charge is -2.07. The third-order valence-corrected chi connectivity index (χ3v) is 2.49. The second-order valence-electron chi connectivity index (χ2n) is 4.42. The number of carbonyl (C=O) groups is 1. The fraction of sp³-hybridized carbons (Fsp3) is 0.200. The minimum absolute atomic E-state index is 0.0849. The number of amides is 1. The van der Waals surface area contributed by atoms with E-state index >= 15 is 0 Å². The van der Waals surface area contributed by atoms with Crippen LogP contribution in [0.15, 0.2) is 46.1 Å². The van der Waals surface area contributed by atoms with E-state index in [2.05, 4.69) is 10.5 Å². The highest BCUT2D eigenvalue weighted by atomic mass is 16.5. The van der Waals surface area contributed by atoms with E-state index in [0.29, 0.717) is 11.5 Å². The maximum atomic E-state index is 11.5. The zero-order valence-corrected chi connectivity index (χ0v) is 11.4. The molecule has 0 aliphatic heterocycles. The highest BCUT2D eigenvalue weighted by Crippen LogP contribution is 2.15. The van der Waals surface area contributed by atoms with E-state index < -0.39 is 0 Å². The van der Waals surface area contributed by atoms with Gasteiger partial charge in [-0.25, -0.2) is 5.43 Å². The summed E-state index contributed by atoms with van der Waals surface area (Å²) in [6.07, 6.45) is 2.96. The van der Waals surface area contributed by atoms with E-state index in [0.717, 1.165) is 11.1 Å². The van der Waals surface area contributed by atoms with E-state index in [9.17, 15) is 4.79 Å². The van der Waals surface area contributed by atoms with Crippen LogP contribution in [0.1, 0.15) is 16.9 Å². The van der Waals surface area contributed by atoms with E-state index in [1.54, 1.807) is 12.1 Å². The molecule has 104 valence electrons. The normalized spacial score (nSPS) is 10.7. The number of nitrogens with one attached hydrogen (secondary N) is 1. The molecule has 0 bridgehead atoms. The van der Waals surface area contributed by atoms with Crippen molar-refractivity contribution in [1.82, 2.24) is 5.43 Å². The Morgan fingerprint density at radius 3 is 2.75 bits per heavy atom. The molecule has 1 amide bonds. The Balaban J connectivity index is 1.80. The summed E-state index contributed by atoms with van der Waals surface area (Å²) >= 11 is 0. The minimum atomic E-state index is -0.327. The van der Waals surface area contributed by atoms with Gasteiger partial charge in [-0.05, 0) is 49.2 Å². The minimum Gasteiger partial charge on any atom is -0.484 e. The number of ether oxygens (including phenoxy) is 1. The molecule has 0 spiro atoms. The molecule has 2 rings (SSSR count). The topological polar surface area (TPSA) is 63.8 Å². The molecule has 0 radical (unpaired) electrons. The van der Waals surface area contributed by atoms with Crippen molar-refractivity contribution >= 4 is 12.1 Å². The molecule has 1 aromatic carbocycles. The molecule has 0 fully saturated rings. The van der Waals surface area contributed by atoms with Gasteiger partial charge in [-0.3, -0.25) is 4.79 Å². The van der Waals surface area contributed by atoms with Gasteiger partial charge in [0.2, 0.25) is 0 Å². The summed E-state index contributed by atoms with van der Waals surface area (Å²) in [4.78, 5) is 11.5. The van der Waals surface area contributed by atoms with Crippen LogP contribution in [-0.2, 0) is 4.79 Å². The Kier molecular flexibility index (Phi) is 4.55.